The maximum Gasteiger partial charge on any atom is 0.124 e. The first kappa shape index (κ1) is 14.7. The van der Waals surface area contributed by atoms with Gasteiger partial charge in [0, 0.05) is 29.8 Å². The van der Waals surface area contributed by atoms with Gasteiger partial charge >= 0.3 is 0 Å². The van der Waals surface area contributed by atoms with Gasteiger partial charge < -0.3 is 10.1 Å². The van der Waals surface area contributed by atoms with Gasteiger partial charge in [-0.15, -0.1) is 0 Å². The van der Waals surface area contributed by atoms with E-state index in [4.69, 9.17) is 4.74 Å². The van der Waals surface area contributed by atoms with Gasteiger partial charge in [-0.2, -0.15) is 11.8 Å². The van der Waals surface area contributed by atoms with Crippen LogP contribution in [0.25, 0.3) is 0 Å². The second-order valence-electron chi connectivity index (χ2n) is 5.88. The van der Waals surface area contributed by atoms with Crippen LogP contribution in [0.5, 0.6) is 5.75 Å². The molecule has 0 radical (unpaired) electrons. The second kappa shape index (κ2) is 6.19. The number of thioether (sulfide) groups is 1. The zero-order chi connectivity index (χ0) is 13.9. The standard InChI is InChI=1S/C16H25NOS/c1-5-19-11-12(2)17-14-10-16(3,4)18-15-9-7-6-8-13(14)15/h6-9,12,14,17H,5,10-11H2,1-4H3. The average molecular weight is 279 g/mol. The van der Waals surface area contributed by atoms with Crippen molar-refractivity contribution in [3.05, 3.63) is 29.8 Å². The van der Waals surface area contributed by atoms with Crippen LogP contribution in [-0.2, 0) is 0 Å². The SMILES string of the molecule is CCSCC(C)NC1CC(C)(C)Oc2ccccc21. The molecule has 106 valence electrons. The highest BCUT2D eigenvalue weighted by Gasteiger charge is 2.33. The fourth-order valence-electron chi connectivity index (χ4n) is 2.64. The molecule has 0 aromatic heterocycles. The Kier molecular flexibility index (Phi) is 4.80. The zero-order valence-electron chi connectivity index (χ0n) is 12.4. The van der Waals surface area contributed by atoms with Crippen molar-refractivity contribution in [2.24, 2.45) is 0 Å². The minimum absolute atomic E-state index is 0.0936. The first-order valence-corrected chi connectivity index (χ1v) is 8.29. The lowest BCUT2D eigenvalue weighted by Crippen LogP contribution is -2.42. The largest absolute Gasteiger partial charge is 0.487 e. The minimum Gasteiger partial charge on any atom is -0.487 e. The summed E-state index contributed by atoms with van der Waals surface area (Å²) < 4.78 is 6.07. The smallest absolute Gasteiger partial charge is 0.124 e. The number of para-hydroxylation sites is 1. The molecule has 3 heteroatoms. The summed E-state index contributed by atoms with van der Waals surface area (Å²) in [5, 5.41) is 3.76. The van der Waals surface area contributed by atoms with Crippen LogP contribution in [0.3, 0.4) is 0 Å². The van der Waals surface area contributed by atoms with Crippen molar-refractivity contribution >= 4 is 11.8 Å². The Balaban J connectivity index is 2.11. The van der Waals surface area contributed by atoms with E-state index in [9.17, 15) is 0 Å². The maximum atomic E-state index is 6.07. The summed E-state index contributed by atoms with van der Waals surface area (Å²) in [4.78, 5) is 0. The van der Waals surface area contributed by atoms with Crippen molar-refractivity contribution in [2.75, 3.05) is 11.5 Å². The Hall–Kier alpha value is -0.670. The van der Waals surface area contributed by atoms with Crippen LogP contribution in [0.1, 0.15) is 45.7 Å². The molecule has 0 fully saturated rings. The molecule has 1 aromatic rings. The molecule has 1 aliphatic rings. The minimum atomic E-state index is -0.0936. The van der Waals surface area contributed by atoms with Crippen LogP contribution in [0, 0.1) is 0 Å². The highest BCUT2D eigenvalue weighted by Crippen LogP contribution is 2.39. The predicted molar refractivity (Wildman–Crippen MR) is 84.1 cm³/mol. The number of hydrogen-bond acceptors (Lipinski definition) is 3. The fourth-order valence-corrected chi connectivity index (χ4v) is 3.32. The number of benzene rings is 1. The molecular weight excluding hydrogens is 254 g/mol. The molecule has 0 aliphatic carbocycles. The van der Waals surface area contributed by atoms with Crippen molar-refractivity contribution in [1.82, 2.24) is 5.32 Å². The predicted octanol–water partition coefficient (Wildman–Crippen LogP) is 4.02. The highest BCUT2D eigenvalue weighted by molar-refractivity contribution is 7.99. The van der Waals surface area contributed by atoms with E-state index in [-0.39, 0.29) is 5.60 Å². The van der Waals surface area contributed by atoms with E-state index >= 15 is 0 Å². The Labute approximate surface area is 121 Å². The lowest BCUT2D eigenvalue weighted by molar-refractivity contribution is 0.0646. The van der Waals surface area contributed by atoms with Crippen molar-refractivity contribution in [3.63, 3.8) is 0 Å². The van der Waals surface area contributed by atoms with E-state index in [0.29, 0.717) is 12.1 Å². The third-order valence-corrected chi connectivity index (χ3v) is 4.58. The molecule has 2 nitrogen and oxygen atoms in total. The Bertz CT molecular complexity index is 419. The molecule has 0 amide bonds. The fraction of sp³-hybridized carbons (Fsp3) is 0.625. The summed E-state index contributed by atoms with van der Waals surface area (Å²) in [6, 6.07) is 9.33. The van der Waals surface area contributed by atoms with Gasteiger partial charge in [-0.25, -0.2) is 0 Å². The molecule has 19 heavy (non-hydrogen) atoms. The van der Waals surface area contributed by atoms with E-state index in [1.165, 1.54) is 11.3 Å². The first-order chi connectivity index (χ1) is 9.02. The summed E-state index contributed by atoms with van der Waals surface area (Å²) in [6.07, 6.45) is 1.02. The first-order valence-electron chi connectivity index (χ1n) is 7.13. The lowest BCUT2D eigenvalue weighted by Gasteiger charge is -2.39. The van der Waals surface area contributed by atoms with Gasteiger partial charge in [0.2, 0.25) is 0 Å². The van der Waals surface area contributed by atoms with Gasteiger partial charge in [-0.05, 0) is 32.6 Å². The molecular formula is C16H25NOS. The van der Waals surface area contributed by atoms with Crippen LogP contribution in [0.15, 0.2) is 24.3 Å². The number of ether oxygens (including phenoxy) is 1. The number of fused-ring (bicyclic) bond motifs is 1. The third kappa shape index (κ3) is 3.90. The number of rotatable bonds is 5. The van der Waals surface area contributed by atoms with Gasteiger partial charge in [0.25, 0.3) is 0 Å². The molecule has 1 aliphatic heterocycles. The molecule has 2 unspecified atom stereocenters. The van der Waals surface area contributed by atoms with E-state index in [0.717, 1.165) is 17.9 Å². The number of nitrogens with one attached hydrogen (secondary N) is 1. The summed E-state index contributed by atoms with van der Waals surface area (Å²) in [7, 11) is 0. The highest BCUT2D eigenvalue weighted by atomic mass is 32.2. The molecule has 2 rings (SSSR count). The quantitative estimate of drug-likeness (QED) is 0.879. The lowest BCUT2D eigenvalue weighted by atomic mass is 9.89. The van der Waals surface area contributed by atoms with E-state index < -0.39 is 0 Å². The Morgan fingerprint density at radius 2 is 2.16 bits per heavy atom. The van der Waals surface area contributed by atoms with Crippen molar-refractivity contribution in [1.29, 1.82) is 0 Å². The summed E-state index contributed by atoms with van der Waals surface area (Å²) >= 11 is 1.99. The van der Waals surface area contributed by atoms with Crippen molar-refractivity contribution < 1.29 is 4.74 Å². The topological polar surface area (TPSA) is 21.3 Å². The molecule has 0 saturated carbocycles. The van der Waals surface area contributed by atoms with Crippen molar-refractivity contribution in [2.45, 2.75) is 51.8 Å². The molecule has 2 atom stereocenters. The van der Waals surface area contributed by atoms with E-state index in [2.05, 4.69) is 51.2 Å². The molecule has 0 saturated heterocycles. The second-order valence-corrected chi connectivity index (χ2v) is 7.20. The van der Waals surface area contributed by atoms with Crippen LogP contribution < -0.4 is 10.1 Å². The van der Waals surface area contributed by atoms with Crippen LogP contribution in [0.4, 0.5) is 0 Å². The maximum absolute atomic E-state index is 6.07. The van der Waals surface area contributed by atoms with Crippen molar-refractivity contribution in [3.8, 4) is 5.75 Å². The Morgan fingerprint density at radius 1 is 1.42 bits per heavy atom. The van der Waals surface area contributed by atoms with Crippen LogP contribution in [-0.4, -0.2) is 23.1 Å². The van der Waals surface area contributed by atoms with Crippen LogP contribution >= 0.6 is 11.8 Å². The molecule has 1 aromatic carbocycles. The van der Waals surface area contributed by atoms with E-state index in [1.807, 2.05) is 17.8 Å². The van der Waals surface area contributed by atoms with Gasteiger partial charge in [-0.1, -0.05) is 25.1 Å². The monoisotopic (exact) mass is 279 g/mol. The van der Waals surface area contributed by atoms with Gasteiger partial charge in [0.15, 0.2) is 0 Å². The molecule has 1 N–H and O–H groups in total. The average Bonchev–Trinajstić information content (AvgIpc) is 2.35. The molecule has 0 spiro atoms. The van der Waals surface area contributed by atoms with Crippen LogP contribution in [0.2, 0.25) is 0 Å². The summed E-state index contributed by atoms with van der Waals surface area (Å²) in [5.74, 6) is 3.38. The van der Waals surface area contributed by atoms with Gasteiger partial charge in [-0.3, -0.25) is 0 Å². The third-order valence-electron chi connectivity index (χ3n) is 3.43. The van der Waals surface area contributed by atoms with Gasteiger partial charge in [0.05, 0.1) is 0 Å². The normalized spacial score (nSPS) is 22.4. The molecule has 0 bridgehead atoms. The molecule has 1 heterocycles. The zero-order valence-corrected chi connectivity index (χ0v) is 13.2. The van der Waals surface area contributed by atoms with Gasteiger partial charge in [0.1, 0.15) is 11.4 Å². The summed E-state index contributed by atoms with van der Waals surface area (Å²) in [6.45, 7) is 8.82. The Morgan fingerprint density at radius 3 is 2.89 bits per heavy atom. The van der Waals surface area contributed by atoms with E-state index in [1.54, 1.807) is 0 Å². The summed E-state index contributed by atoms with van der Waals surface area (Å²) in [5.41, 5.74) is 1.21. The number of hydrogen-bond donors (Lipinski definition) is 1.